The summed E-state index contributed by atoms with van der Waals surface area (Å²) in [5, 5.41) is 11.4. The van der Waals surface area contributed by atoms with Crippen LogP contribution in [0.4, 0.5) is 5.82 Å². The second kappa shape index (κ2) is 11.0. The third-order valence-electron chi connectivity index (χ3n) is 7.82. The fourth-order valence-electron chi connectivity index (χ4n) is 5.66. The smallest absolute Gasteiger partial charge is 0.246 e. The molecule has 2 atom stereocenters. The highest BCUT2D eigenvalue weighted by molar-refractivity contribution is 6.03. The summed E-state index contributed by atoms with van der Waals surface area (Å²) in [7, 11) is 1.93. The lowest BCUT2D eigenvalue weighted by molar-refractivity contribution is -0.132. The zero-order chi connectivity index (χ0) is 28.5. The molecule has 10 heteroatoms. The van der Waals surface area contributed by atoms with Crippen molar-refractivity contribution in [3.63, 3.8) is 0 Å². The van der Waals surface area contributed by atoms with E-state index in [0.29, 0.717) is 36.1 Å². The van der Waals surface area contributed by atoms with Crippen LogP contribution in [-0.2, 0) is 11.8 Å². The first-order valence-electron chi connectivity index (χ1n) is 13.5. The first-order valence-corrected chi connectivity index (χ1v) is 13.5. The van der Waals surface area contributed by atoms with Gasteiger partial charge in [0.15, 0.2) is 0 Å². The van der Waals surface area contributed by atoms with E-state index in [-0.39, 0.29) is 17.9 Å². The van der Waals surface area contributed by atoms with Crippen LogP contribution >= 0.6 is 0 Å². The summed E-state index contributed by atoms with van der Waals surface area (Å²) in [4.78, 5) is 28.7. The fraction of sp³-hybridized carbons (Fsp3) is 0.290. The molecule has 2 aliphatic heterocycles. The number of pyridine rings is 1. The summed E-state index contributed by atoms with van der Waals surface area (Å²) in [6.45, 7) is 6.03. The third-order valence-corrected chi connectivity index (χ3v) is 7.82. The van der Waals surface area contributed by atoms with Gasteiger partial charge in [0.05, 0.1) is 17.7 Å². The Bertz CT molecular complexity index is 1650. The average molecular weight is 550 g/mol. The van der Waals surface area contributed by atoms with Crippen LogP contribution in [0.2, 0.25) is 0 Å². The van der Waals surface area contributed by atoms with E-state index in [0.717, 1.165) is 41.7 Å². The number of ether oxygens (including phenoxy) is 1. The van der Waals surface area contributed by atoms with Crippen LogP contribution in [0.25, 0.3) is 22.2 Å². The Balaban J connectivity index is 1.23. The number of carbonyl (C=O) groups is 1. The first-order chi connectivity index (χ1) is 19.9. The van der Waals surface area contributed by atoms with Crippen molar-refractivity contribution in [1.82, 2.24) is 29.3 Å². The molecule has 0 saturated carbocycles. The monoisotopic (exact) mass is 549 g/mol. The number of nitrogens with zero attached hydrogens (tertiary/aromatic N) is 6. The van der Waals surface area contributed by atoms with Crippen LogP contribution in [-0.4, -0.2) is 78.7 Å². The number of piperidine rings is 1. The summed E-state index contributed by atoms with van der Waals surface area (Å²) < 4.78 is 7.88. The number of anilines is 1. The highest BCUT2D eigenvalue weighted by Crippen LogP contribution is 2.37. The second-order valence-corrected chi connectivity index (χ2v) is 10.4. The van der Waals surface area contributed by atoms with E-state index >= 15 is 0 Å². The Morgan fingerprint density at radius 3 is 2.68 bits per heavy atom. The van der Waals surface area contributed by atoms with Gasteiger partial charge in [0, 0.05) is 56.9 Å². The zero-order valence-electron chi connectivity index (χ0n) is 22.8. The van der Waals surface area contributed by atoms with E-state index < -0.39 is 6.10 Å². The molecule has 3 aromatic heterocycles. The number of fused-ring (bicyclic) bond motifs is 1. The predicted octanol–water partition coefficient (Wildman–Crippen LogP) is 2.84. The summed E-state index contributed by atoms with van der Waals surface area (Å²) >= 11 is 0. The van der Waals surface area contributed by atoms with Crippen LogP contribution in [0.5, 0.6) is 11.5 Å². The van der Waals surface area contributed by atoms with Gasteiger partial charge in [-0.15, -0.1) is 0 Å². The van der Waals surface area contributed by atoms with Crippen molar-refractivity contribution in [2.24, 2.45) is 13.0 Å². The molecule has 5 heterocycles. The van der Waals surface area contributed by atoms with Gasteiger partial charge < -0.3 is 25.0 Å². The molecule has 41 heavy (non-hydrogen) atoms. The fourth-order valence-corrected chi connectivity index (χ4v) is 5.66. The van der Waals surface area contributed by atoms with Crippen molar-refractivity contribution < 1.29 is 14.6 Å². The second-order valence-electron chi connectivity index (χ2n) is 10.4. The Morgan fingerprint density at radius 2 is 1.98 bits per heavy atom. The van der Waals surface area contributed by atoms with Gasteiger partial charge in [-0.25, -0.2) is 9.97 Å². The van der Waals surface area contributed by atoms with Gasteiger partial charge in [-0.05, 0) is 48.2 Å². The molecule has 2 fully saturated rings. The van der Waals surface area contributed by atoms with Gasteiger partial charge in [0.25, 0.3) is 0 Å². The Kier molecular flexibility index (Phi) is 7.14. The molecule has 1 aromatic carbocycles. The number of nitrogen functional groups attached to an aromatic ring is 1. The summed E-state index contributed by atoms with van der Waals surface area (Å²) in [5.74, 6) is 8.63. The number of likely N-dealkylation sites (tertiary alicyclic amines) is 2. The number of hydrogen-bond acceptors (Lipinski definition) is 8. The maximum absolute atomic E-state index is 11.9. The van der Waals surface area contributed by atoms with E-state index in [4.69, 9.17) is 10.5 Å². The lowest BCUT2D eigenvalue weighted by Gasteiger charge is -2.47. The van der Waals surface area contributed by atoms with Crippen molar-refractivity contribution in [1.29, 1.82) is 0 Å². The van der Waals surface area contributed by atoms with Crippen molar-refractivity contribution >= 4 is 22.8 Å². The maximum Gasteiger partial charge on any atom is 0.246 e. The van der Waals surface area contributed by atoms with Gasteiger partial charge in [-0.2, -0.15) is 0 Å². The number of aliphatic hydroxyl groups is 1. The van der Waals surface area contributed by atoms with Crippen LogP contribution in [0, 0.1) is 17.8 Å². The van der Waals surface area contributed by atoms with Crippen LogP contribution < -0.4 is 10.5 Å². The molecular weight excluding hydrogens is 518 g/mol. The normalized spacial score (nSPS) is 19.3. The van der Waals surface area contributed by atoms with E-state index in [9.17, 15) is 9.90 Å². The summed E-state index contributed by atoms with van der Waals surface area (Å²) in [6.07, 6.45) is 6.28. The molecule has 10 nitrogen and oxygen atoms in total. The minimum atomic E-state index is -0.585. The van der Waals surface area contributed by atoms with Gasteiger partial charge in [0.2, 0.25) is 5.91 Å². The summed E-state index contributed by atoms with van der Waals surface area (Å²) in [5.41, 5.74) is 9.68. The minimum absolute atomic E-state index is 0.0255. The topological polar surface area (TPSA) is 123 Å². The lowest BCUT2D eigenvalue weighted by atomic mass is 9.91. The van der Waals surface area contributed by atoms with Gasteiger partial charge in [0.1, 0.15) is 35.0 Å². The minimum Gasteiger partial charge on any atom is -0.456 e. The van der Waals surface area contributed by atoms with Crippen molar-refractivity contribution in [3.8, 4) is 34.5 Å². The number of carbonyl (C=O) groups excluding carboxylic acids is 1. The highest BCUT2D eigenvalue weighted by atomic mass is 16.5. The molecule has 1 amide bonds. The largest absolute Gasteiger partial charge is 0.456 e. The number of aryl methyl sites for hydroxylation is 1. The van der Waals surface area contributed by atoms with Gasteiger partial charge in [-0.1, -0.05) is 24.6 Å². The molecule has 0 aliphatic carbocycles. The predicted molar refractivity (Wildman–Crippen MR) is 156 cm³/mol. The van der Waals surface area contributed by atoms with Gasteiger partial charge >= 0.3 is 0 Å². The molecule has 3 N–H and O–H groups in total. The summed E-state index contributed by atoms with van der Waals surface area (Å²) in [6, 6.07) is 11.5. The number of β-amino-alcohol motifs (C(OH)–C–C–N with tert-alkyl or cyclic N) is 1. The average Bonchev–Trinajstić information content (AvgIpc) is 3.25. The third kappa shape index (κ3) is 5.13. The molecule has 2 aliphatic rings. The van der Waals surface area contributed by atoms with E-state index in [1.807, 2.05) is 48.0 Å². The van der Waals surface area contributed by atoms with E-state index in [2.05, 4.69) is 38.3 Å². The lowest BCUT2D eigenvalue weighted by Crippen LogP contribution is -2.61. The number of aliphatic hydroxyl groups excluding tert-OH is 1. The number of amides is 1. The molecule has 4 aromatic rings. The van der Waals surface area contributed by atoms with Crippen molar-refractivity contribution in [2.75, 3.05) is 31.9 Å². The Morgan fingerprint density at radius 1 is 1.17 bits per heavy atom. The van der Waals surface area contributed by atoms with E-state index in [1.54, 1.807) is 17.3 Å². The highest BCUT2D eigenvalue weighted by Gasteiger charge is 2.38. The molecule has 0 bridgehead atoms. The number of nitrogens with two attached hydrogens (primary N) is 1. The van der Waals surface area contributed by atoms with Crippen molar-refractivity contribution in [3.05, 3.63) is 73.5 Å². The van der Waals surface area contributed by atoms with Crippen LogP contribution in [0.1, 0.15) is 12.1 Å². The molecule has 208 valence electrons. The molecule has 0 unspecified atom stereocenters. The first kappa shape index (κ1) is 26.5. The molecule has 0 spiro atoms. The standard InChI is InChI=1S/C31H31N7O3/c1-3-27(40)37-14-12-24(26(39)18-37)38-16-20(17-38)6-11-25-28(29-30(32)34-19-35-31(29)36(25)2)21-7-9-22(10-8-21)41-23-5-4-13-33-15-23/h3-5,7-10,13,15,19-20,24,26,39H,1,12,14,16-18H2,2H3,(H2,32,34,35)/t24-,26+/m1/s1. The number of benzene rings is 1. The molecule has 6 rings (SSSR count). The zero-order valence-corrected chi connectivity index (χ0v) is 22.8. The Labute approximate surface area is 238 Å². The van der Waals surface area contributed by atoms with Crippen LogP contribution in [0.3, 0.4) is 0 Å². The SMILES string of the molecule is C=CC(=O)N1CC[C@@H](N2CC(C#Cc3c(-c4ccc(Oc5cccnc5)cc4)c4c(N)ncnc4n3C)C2)[C@@H](O)C1. The Hall–Kier alpha value is -4.72. The number of aromatic nitrogens is 4. The van der Waals surface area contributed by atoms with Gasteiger partial charge in [-0.3, -0.25) is 14.7 Å². The van der Waals surface area contributed by atoms with Crippen molar-refractivity contribution in [2.45, 2.75) is 18.6 Å². The van der Waals surface area contributed by atoms with Crippen LogP contribution in [0.15, 0.2) is 67.8 Å². The maximum atomic E-state index is 11.9. The number of hydrogen-bond donors (Lipinski definition) is 2. The number of rotatable bonds is 5. The quantitative estimate of drug-likeness (QED) is 0.288. The van der Waals surface area contributed by atoms with E-state index in [1.165, 1.54) is 12.4 Å². The molecular formula is C31H31N7O3. The molecule has 0 radical (unpaired) electrons. The molecule has 2 saturated heterocycles.